The molecule has 0 radical (unpaired) electrons. The molecule has 0 aliphatic carbocycles. The molecule has 1 aromatic heterocycles. The highest BCUT2D eigenvalue weighted by molar-refractivity contribution is 14.0. The lowest BCUT2D eigenvalue weighted by atomic mass is 10.2. The van der Waals surface area contributed by atoms with Crippen LogP contribution in [0.5, 0.6) is 5.75 Å². The lowest BCUT2D eigenvalue weighted by Crippen LogP contribution is -2.38. The van der Waals surface area contributed by atoms with E-state index >= 15 is 0 Å². The summed E-state index contributed by atoms with van der Waals surface area (Å²) in [7, 11) is 1.77. The molecule has 2 rings (SSSR count). The molecule has 0 aliphatic rings. The van der Waals surface area contributed by atoms with E-state index in [1.807, 2.05) is 24.3 Å². The third-order valence-electron chi connectivity index (χ3n) is 3.32. The van der Waals surface area contributed by atoms with Crippen molar-refractivity contribution < 1.29 is 4.74 Å². The van der Waals surface area contributed by atoms with Crippen LogP contribution in [-0.4, -0.2) is 19.6 Å². The van der Waals surface area contributed by atoms with Gasteiger partial charge in [-0.25, -0.2) is 0 Å². The summed E-state index contributed by atoms with van der Waals surface area (Å²) in [6, 6.07) is 12.4. The Morgan fingerprint density at radius 2 is 2.12 bits per heavy atom. The second-order valence-corrected chi connectivity index (χ2v) is 5.99. The Bertz CT molecular complexity index is 643. The van der Waals surface area contributed by atoms with E-state index in [4.69, 9.17) is 4.74 Å². The van der Waals surface area contributed by atoms with Gasteiger partial charge >= 0.3 is 0 Å². The monoisotopic (exact) mass is 457 g/mol. The summed E-state index contributed by atoms with van der Waals surface area (Å²) >= 11 is 1.73. The molecule has 2 aromatic rings. The Morgan fingerprint density at radius 3 is 2.79 bits per heavy atom. The fourth-order valence-corrected chi connectivity index (χ4v) is 2.86. The quantitative estimate of drug-likeness (QED) is 0.281. The van der Waals surface area contributed by atoms with Crippen molar-refractivity contribution in [1.82, 2.24) is 10.6 Å². The number of aliphatic imine (C=N–C) groups is 1. The number of benzene rings is 1. The van der Waals surface area contributed by atoms with E-state index in [1.165, 1.54) is 4.88 Å². The SMILES string of the molecule is C=CCOc1ccccc1CNC(=NC)NC(C)c1cccs1.I. The Morgan fingerprint density at radius 1 is 1.33 bits per heavy atom. The van der Waals surface area contributed by atoms with Crippen LogP contribution in [0.3, 0.4) is 0 Å². The summed E-state index contributed by atoms with van der Waals surface area (Å²) in [6.45, 7) is 6.95. The first-order valence-corrected chi connectivity index (χ1v) is 8.44. The zero-order valence-corrected chi connectivity index (χ0v) is 17.1. The zero-order valence-electron chi connectivity index (χ0n) is 14.0. The fourth-order valence-electron chi connectivity index (χ4n) is 2.13. The second-order valence-electron chi connectivity index (χ2n) is 5.01. The largest absolute Gasteiger partial charge is 0.489 e. The number of nitrogens with one attached hydrogen (secondary N) is 2. The average Bonchev–Trinajstić information content (AvgIpc) is 3.12. The molecule has 0 saturated carbocycles. The van der Waals surface area contributed by atoms with Gasteiger partial charge in [0.05, 0.1) is 6.04 Å². The van der Waals surface area contributed by atoms with Crippen LogP contribution >= 0.6 is 35.3 Å². The molecule has 24 heavy (non-hydrogen) atoms. The Kier molecular flexibility index (Phi) is 9.48. The minimum Gasteiger partial charge on any atom is -0.489 e. The van der Waals surface area contributed by atoms with Crippen molar-refractivity contribution in [3.8, 4) is 5.75 Å². The molecule has 6 heteroatoms. The van der Waals surface area contributed by atoms with Crippen LogP contribution in [0.25, 0.3) is 0 Å². The van der Waals surface area contributed by atoms with Gasteiger partial charge in [0, 0.05) is 24.0 Å². The third-order valence-corrected chi connectivity index (χ3v) is 4.38. The van der Waals surface area contributed by atoms with Crippen LogP contribution in [0, 0.1) is 0 Å². The molecule has 0 saturated heterocycles. The summed E-state index contributed by atoms with van der Waals surface area (Å²) in [6.07, 6.45) is 1.74. The predicted molar refractivity (Wildman–Crippen MR) is 114 cm³/mol. The molecule has 1 aromatic carbocycles. The van der Waals surface area contributed by atoms with Crippen molar-refractivity contribution in [3.05, 3.63) is 64.9 Å². The molecule has 0 bridgehead atoms. The summed E-state index contributed by atoms with van der Waals surface area (Å²) in [4.78, 5) is 5.57. The molecule has 2 N–H and O–H groups in total. The van der Waals surface area contributed by atoms with E-state index in [9.17, 15) is 0 Å². The average molecular weight is 457 g/mol. The first kappa shape index (κ1) is 20.5. The maximum absolute atomic E-state index is 5.68. The highest BCUT2D eigenvalue weighted by Gasteiger charge is 2.09. The van der Waals surface area contributed by atoms with E-state index in [1.54, 1.807) is 24.5 Å². The number of nitrogens with zero attached hydrogens (tertiary/aromatic N) is 1. The van der Waals surface area contributed by atoms with E-state index in [2.05, 4.69) is 46.6 Å². The van der Waals surface area contributed by atoms with Crippen LogP contribution in [0.2, 0.25) is 0 Å². The molecule has 0 amide bonds. The van der Waals surface area contributed by atoms with E-state index in [0.29, 0.717) is 13.2 Å². The van der Waals surface area contributed by atoms with Crippen molar-refractivity contribution in [1.29, 1.82) is 0 Å². The van der Waals surface area contributed by atoms with Gasteiger partial charge in [0.1, 0.15) is 12.4 Å². The summed E-state index contributed by atoms with van der Waals surface area (Å²) in [5.41, 5.74) is 1.08. The molecule has 0 spiro atoms. The third kappa shape index (κ3) is 6.16. The molecule has 1 atom stereocenters. The van der Waals surface area contributed by atoms with Crippen molar-refractivity contribution in [3.63, 3.8) is 0 Å². The maximum Gasteiger partial charge on any atom is 0.191 e. The molecule has 1 heterocycles. The number of hydrogen-bond donors (Lipinski definition) is 2. The summed E-state index contributed by atoms with van der Waals surface area (Å²) in [5, 5.41) is 8.81. The fraction of sp³-hybridized carbons (Fsp3) is 0.278. The maximum atomic E-state index is 5.68. The molecular formula is C18H24IN3OS. The van der Waals surface area contributed by atoms with E-state index in [0.717, 1.165) is 17.3 Å². The predicted octanol–water partition coefficient (Wildman–Crippen LogP) is 4.36. The number of halogens is 1. The minimum absolute atomic E-state index is 0. The highest BCUT2D eigenvalue weighted by Crippen LogP contribution is 2.19. The van der Waals surface area contributed by atoms with E-state index in [-0.39, 0.29) is 30.0 Å². The standard InChI is InChI=1S/C18H23N3OS.HI/c1-4-11-22-16-9-6-5-8-15(16)13-20-18(19-3)21-14(2)17-10-7-12-23-17;/h4-10,12,14H,1,11,13H2,2-3H3,(H2,19,20,21);1H. The van der Waals surface area contributed by atoms with E-state index < -0.39 is 0 Å². The zero-order chi connectivity index (χ0) is 16.5. The first-order chi connectivity index (χ1) is 11.2. The van der Waals surface area contributed by atoms with Gasteiger partial charge in [-0.15, -0.1) is 35.3 Å². The number of para-hydroxylation sites is 1. The molecule has 0 fully saturated rings. The van der Waals surface area contributed by atoms with Crippen LogP contribution < -0.4 is 15.4 Å². The van der Waals surface area contributed by atoms with Crippen molar-refractivity contribution in [2.24, 2.45) is 4.99 Å². The van der Waals surface area contributed by atoms with Gasteiger partial charge in [0.2, 0.25) is 0 Å². The molecule has 0 aliphatic heterocycles. The lowest BCUT2D eigenvalue weighted by Gasteiger charge is -2.18. The van der Waals surface area contributed by atoms with Crippen molar-refractivity contribution >= 4 is 41.3 Å². The first-order valence-electron chi connectivity index (χ1n) is 7.56. The molecule has 1 unspecified atom stereocenters. The Hall–Kier alpha value is -1.54. The normalized spacial score (nSPS) is 12.0. The Balaban J connectivity index is 0.00000288. The summed E-state index contributed by atoms with van der Waals surface area (Å²) in [5.74, 6) is 1.63. The molecule has 4 nitrogen and oxygen atoms in total. The van der Waals surface area contributed by atoms with Gasteiger partial charge in [0.25, 0.3) is 0 Å². The summed E-state index contributed by atoms with van der Waals surface area (Å²) < 4.78 is 5.68. The van der Waals surface area contributed by atoms with Gasteiger partial charge in [-0.3, -0.25) is 4.99 Å². The van der Waals surface area contributed by atoms with Gasteiger partial charge in [0.15, 0.2) is 5.96 Å². The number of rotatable bonds is 7. The number of ether oxygens (including phenoxy) is 1. The van der Waals surface area contributed by atoms with Crippen LogP contribution in [0.4, 0.5) is 0 Å². The topological polar surface area (TPSA) is 45.6 Å². The van der Waals surface area contributed by atoms with Crippen LogP contribution in [0.1, 0.15) is 23.4 Å². The van der Waals surface area contributed by atoms with Crippen molar-refractivity contribution in [2.45, 2.75) is 19.5 Å². The minimum atomic E-state index is 0. The Labute approximate surface area is 165 Å². The number of guanidine groups is 1. The molecule has 130 valence electrons. The van der Waals surface area contributed by atoms with Gasteiger partial charge in [-0.1, -0.05) is 36.9 Å². The lowest BCUT2D eigenvalue weighted by molar-refractivity contribution is 0.358. The number of thiophene rings is 1. The van der Waals surface area contributed by atoms with Gasteiger partial charge in [-0.05, 0) is 24.4 Å². The second kappa shape index (κ2) is 11.1. The van der Waals surface area contributed by atoms with Gasteiger partial charge in [-0.2, -0.15) is 0 Å². The highest BCUT2D eigenvalue weighted by atomic mass is 127. The van der Waals surface area contributed by atoms with Crippen molar-refractivity contribution in [2.75, 3.05) is 13.7 Å². The molecular weight excluding hydrogens is 433 g/mol. The smallest absolute Gasteiger partial charge is 0.191 e. The number of hydrogen-bond acceptors (Lipinski definition) is 3. The van der Waals surface area contributed by atoms with Gasteiger partial charge < -0.3 is 15.4 Å². The van der Waals surface area contributed by atoms with Crippen LogP contribution in [-0.2, 0) is 6.54 Å². The van der Waals surface area contributed by atoms with Crippen LogP contribution in [0.15, 0.2) is 59.4 Å².